The van der Waals surface area contributed by atoms with Crippen LogP contribution in [-0.2, 0) is 31.0 Å². The lowest BCUT2D eigenvalue weighted by molar-refractivity contribution is 0.0242. The Bertz CT molecular complexity index is 3990. The van der Waals surface area contributed by atoms with Crippen LogP contribution in [0.15, 0.2) is 200 Å². The van der Waals surface area contributed by atoms with Crippen molar-refractivity contribution in [3.8, 4) is 0 Å². The quantitative estimate of drug-likeness (QED) is 0.0677. The summed E-state index contributed by atoms with van der Waals surface area (Å²) < 4.78 is 18.7. The Labute approximate surface area is 554 Å². The molecule has 0 saturated carbocycles. The molecule has 0 saturated heterocycles. The van der Waals surface area contributed by atoms with Gasteiger partial charge in [-0.05, 0) is 123 Å². The molecule has 0 radical (unpaired) electrons. The number of rotatable bonds is 16. The Morgan fingerprint density at radius 2 is 0.484 bits per heavy atom. The Morgan fingerprint density at radius 3 is 0.720 bits per heavy atom. The number of carbonyl (C=O) groups is 3. The van der Waals surface area contributed by atoms with E-state index >= 15 is 0 Å². The maximum Gasteiger partial charge on any atom is 0.340 e. The van der Waals surface area contributed by atoms with Crippen molar-refractivity contribution in [3.05, 3.63) is 272 Å². The van der Waals surface area contributed by atoms with Crippen LogP contribution in [0.2, 0.25) is 5.02 Å². The van der Waals surface area contributed by atoms with E-state index in [0.29, 0.717) is 21.7 Å². The first kappa shape index (κ1) is 66.0. The lowest BCUT2D eigenvalue weighted by Crippen LogP contribution is -2.29. The van der Waals surface area contributed by atoms with Gasteiger partial charge in [0.15, 0.2) is 16.8 Å². The lowest BCUT2D eigenvalue weighted by Gasteiger charge is -2.31. The van der Waals surface area contributed by atoms with E-state index < -0.39 is 16.8 Å². The van der Waals surface area contributed by atoms with Crippen LogP contribution in [0, 0.1) is 0 Å². The van der Waals surface area contributed by atoms with Gasteiger partial charge in [-0.15, -0.1) is 0 Å². The van der Waals surface area contributed by atoms with Gasteiger partial charge in [-0.1, -0.05) is 103 Å². The van der Waals surface area contributed by atoms with Crippen molar-refractivity contribution >= 4 is 75.0 Å². The minimum absolute atomic E-state index is 0.285. The highest BCUT2D eigenvalue weighted by Gasteiger charge is 2.51. The van der Waals surface area contributed by atoms with Gasteiger partial charge in [-0.25, -0.2) is 14.4 Å². The largest absolute Gasteiger partial charge is 0.441 e. The maximum atomic E-state index is 13.3. The van der Waals surface area contributed by atoms with Crippen molar-refractivity contribution in [1.29, 1.82) is 0 Å². The van der Waals surface area contributed by atoms with Crippen molar-refractivity contribution in [2.24, 2.45) is 0 Å². The molecule has 3 aliphatic heterocycles. The van der Waals surface area contributed by atoms with Crippen LogP contribution in [0.5, 0.6) is 0 Å². The van der Waals surface area contributed by atoms with Gasteiger partial charge in [-0.3, -0.25) is 0 Å². The second-order valence-electron chi connectivity index (χ2n) is 25.1. The molecule has 0 bridgehead atoms. The van der Waals surface area contributed by atoms with Crippen molar-refractivity contribution in [2.45, 2.75) is 30.7 Å². The standard InChI is InChI=1S/C28H33N3O2.C26H29N3O2.C24H23ClN2O2/c1-7-31(8-2)24-17-18-26-25(19-24)27(32)33-28(26,20-9-13-22(14-10-20)29(3)4)21-11-15-23(16-12-21)30(5)6;1-27(2)20-11-7-18(8-12-20)26(19-9-13-21(14-10-19)28(3)4)24-16-15-22(29(5)6)17-23(24)25(30)31-26;1-26(2)19-10-5-16(6-11-19)24(17-7-12-20(13-8-17)27(3)4)22-14-9-18(25)15-21(22)23(28)29-24/h9-19H,7-8H2,1-6H3;7-17H,1-6H3;5-15H,1-4H3. The zero-order chi connectivity index (χ0) is 66.8. The number of anilines is 8. The Hall–Kier alpha value is -9.92. The van der Waals surface area contributed by atoms with E-state index in [1.165, 1.54) is 0 Å². The summed E-state index contributed by atoms with van der Waals surface area (Å²) in [4.78, 5) is 55.7. The number of ether oxygens (including phenoxy) is 3. The molecule has 15 heteroatoms. The van der Waals surface area contributed by atoms with Crippen molar-refractivity contribution in [2.75, 3.05) is 151 Å². The van der Waals surface area contributed by atoms with Crippen molar-refractivity contribution in [1.82, 2.24) is 0 Å². The fourth-order valence-corrected chi connectivity index (χ4v) is 12.7. The monoisotopic (exact) mass is 1260 g/mol. The van der Waals surface area contributed by atoms with E-state index in [2.05, 4.69) is 148 Å². The number of benzene rings is 9. The second-order valence-corrected chi connectivity index (χ2v) is 25.5. The first-order chi connectivity index (χ1) is 44.4. The summed E-state index contributed by atoms with van der Waals surface area (Å²) >= 11 is 6.17. The molecular weight excluding hydrogens is 1180 g/mol. The smallest absolute Gasteiger partial charge is 0.340 e. The van der Waals surface area contributed by atoms with Crippen LogP contribution in [0.25, 0.3) is 0 Å². The molecule has 0 fully saturated rings. The van der Waals surface area contributed by atoms with Gasteiger partial charge in [0.05, 0.1) is 16.7 Å². The molecule has 93 heavy (non-hydrogen) atoms. The third-order valence-electron chi connectivity index (χ3n) is 17.9. The minimum atomic E-state index is -1.01. The van der Waals surface area contributed by atoms with Gasteiger partial charge in [-0.2, -0.15) is 0 Å². The summed E-state index contributed by atoms with van der Waals surface area (Å²) in [5.74, 6) is -0.949. The molecule has 480 valence electrons. The molecule has 9 aromatic carbocycles. The van der Waals surface area contributed by atoms with E-state index in [0.717, 1.165) is 109 Å². The van der Waals surface area contributed by atoms with Crippen LogP contribution in [0.4, 0.5) is 45.5 Å². The predicted molar refractivity (Wildman–Crippen MR) is 383 cm³/mol. The molecule has 0 N–H and O–H groups in total. The molecule has 0 unspecified atom stereocenters. The van der Waals surface area contributed by atoms with Crippen LogP contribution in [-0.4, -0.2) is 130 Å². The molecule has 3 aliphatic rings. The fraction of sp³-hybridized carbons (Fsp3) is 0.269. The van der Waals surface area contributed by atoms with Gasteiger partial charge >= 0.3 is 17.9 Å². The molecule has 3 heterocycles. The summed E-state index contributed by atoms with van der Waals surface area (Å²) in [6, 6.07) is 66.7. The summed E-state index contributed by atoms with van der Waals surface area (Å²) in [5.41, 5.74) is 15.4. The molecule has 14 nitrogen and oxygen atoms in total. The highest BCUT2D eigenvalue weighted by molar-refractivity contribution is 6.31. The average molecular weight is 1270 g/mol. The number of esters is 3. The summed E-state index contributed by atoms with van der Waals surface area (Å²) in [5, 5.41) is 0.516. The minimum Gasteiger partial charge on any atom is -0.441 e. The third kappa shape index (κ3) is 12.4. The zero-order valence-corrected chi connectivity index (χ0v) is 57.1. The maximum absolute atomic E-state index is 13.3. The number of nitrogens with zero attached hydrogens (tertiary/aromatic N) is 8. The highest BCUT2D eigenvalue weighted by Crippen LogP contribution is 2.52. The number of hydrogen-bond donors (Lipinski definition) is 0. The number of fused-ring (bicyclic) bond motifs is 3. The molecule has 0 aromatic heterocycles. The zero-order valence-electron chi connectivity index (χ0n) is 56.4. The Balaban J connectivity index is 0.000000153. The SMILES string of the molecule is CCN(CC)c1ccc2c(c1)C(=O)OC2(c1ccc(N(C)C)cc1)c1ccc(N(C)C)cc1.CN(C)c1ccc(C2(c3ccc(N(C)C)cc3)OC(=O)c3cc(Cl)ccc32)cc1.CN(C)c1ccc(C2(c3ccc(N(C)C)cc3)OC(=O)c3cc(N(C)C)ccc32)cc1. The predicted octanol–water partition coefficient (Wildman–Crippen LogP) is 14.4. The Morgan fingerprint density at radius 1 is 0.280 bits per heavy atom. The topological polar surface area (TPSA) is 105 Å². The first-order valence-corrected chi connectivity index (χ1v) is 31.6. The van der Waals surface area contributed by atoms with Gasteiger partial charge in [0.2, 0.25) is 0 Å². The summed E-state index contributed by atoms with van der Waals surface area (Å²) in [6.07, 6.45) is 0. The third-order valence-corrected chi connectivity index (χ3v) is 18.1. The van der Waals surface area contributed by atoms with Gasteiger partial charge in [0.1, 0.15) is 0 Å². The number of hydrogen-bond acceptors (Lipinski definition) is 14. The second kappa shape index (κ2) is 26.7. The van der Waals surface area contributed by atoms with Crippen LogP contribution in [0.1, 0.15) is 95.0 Å². The highest BCUT2D eigenvalue weighted by atomic mass is 35.5. The van der Waals surface area contributed by atoms with Crippen molar-refractivity contribution in [3.63, 3.8) is 0 Å². The van der Waals surface area contributed by atoms with Crippen LogP contribution in [0.3, 0.4) is 0 Å². The van der Waals surface area contributed by atoms with Gasteiger partial charge in [0.25, 0.3) is 0 Å². The van der Waals surface area contributed by atoms with Gasteiger partial charge < -0.3 is 53.4 Å². The van der Waals surface area contributed by atoms with E-state index in [4.69, 9.17) is 25.8 Å². The molecule has 9 aromatic rings. The summed E-state index contributed by atoms with van der Waals surface area (Å²) in [6.45, 7) is 6.01. The molecule has 0 aliphatic carbocycles. The summed E-state index contributed by atoms with van der Waals surface area (Å²) in [7, 11) is 28.0. The molecule has 0 amide bonds. The average Bonchev–Trinajstić information content (AvgIpc) is 1.62. The van der Waals surface area contributed by atoms with E-state index in [-0.39, 0.29) is 17.9 Å². The van der Waals surface area contributed by atoms with Crippen molar-refractivity contribution < 1.29 is 28.6 Å². The van der Waals surface area contributed by atoms with E-state index in [1.54, 1.807) is 12.1 Å². The van der Waals surface area contributed by atoms with Crippen LogP contribution < -0.4 is 39.2 Å². The van der Waals surface area contributed by atoms with Gasteiger partial charge in [0, 0.05) is 212 Å². The normalized spacial score (nSPS) is 14.1. The van der Waals surface area contributed by atoms with E-state index in [9.17, 15) is 14.4 Å². The lowest BCUT2D eigenvalue weighted by atomic mass is 9.79. The Kier molecular flexibility index (Phi) is 19.0. The number of cyclic esters (lactones) is 3. The molecular formula is C78H85ClN8O6. The van der Waals surface area contributed by atoms with Crippen LogP contribution >= 0.6 is 11.6 Å². The van der Waals surface area contributed by atoms with E-state index in [1.807, 2.05) is 192 Å². The number of halogens is 1. The fourth-order valence-electron chi connectivity index (χ4n) is 12.6. The molecule has 0 spiro atoms. The molecule has 12 rings (SSSR count). The molecule has 0 atom stereocenters. The first-order valence-electron chi connectivity index (χ1n) is 31.3. The number of carbonyl (C=O) groups excluding carboxylic acids is 3.